The molecule has 3 heterocycles. The number of hydrogen-bond donors (Lipinski definition) is 4. The molecule has 0 radical (unpaired) electrons. The molecule has 0 amide bonds. The Morgan fingerprint density at radius 3 is 2.45 bits per heavy atom. The molecule has 1 aromatic heterocycles. The molecule has 2 aliphatic rings. The summed E-state index contributed by atoms with van der Waals surface area (Å²) in [5, 5.41) is 43.5. The van der Waals surface area contributed by atoms with Crippen molar-refractivity contribution in [2.45, 2.75) is 129 Å². The number of aromatic nitrogens is 1. The normalized spacial score (nSPS) is 29.1. The summed E-state index contributed by atoms with van der Waals surface area (Å²) in [6.45, 7) is 15.3. The molecule has 1 saturated heterocycles. The molecule has 5 rings (SSSR count). The van der Waals surface area contributed by atoms with Gasteiger partial charge < -0.3 is 48.8 Å². The third-order valence-electron chi connectivity index (χ3n) is 11.6. The van der Waals surface area contributed by atoms with Crippen LogP contribution in [0.1, 0.15) is 88.5 Å². The van der Waals surface area contributed by atoms with Crippen LogP contribution in [-0.4, -0.2) is 98.8 Å². The zero-order chi connectivity index (χ0) is 46.9. The lowest BCUT2D eigenvalue weighted by atomic mass is 9.71. The van der Waals surface area contributed by atoms with E-state index in [1.54, 1.807) is 11.3 Å². The van der Waals surface area contributed by atoms with Crippen LogP contribution in [-0.2, 0) is 44.7 Å². The van der Waals surface area contributed by atoms with Crippen LogP contribution in [0.4, 0.5) is 9.18 Å². The molecule has 0 bridgehead atoms. The van der Waals surface area contributed by atoms with Crippen molar-refractivity contribution >= 4 is 45.4 Å². The Kier molecular flexibility index (Phi) is 17.4. The van der Waals surface area contributed by atoms with E-state index in [4.69, 9.17) is 28.4 Å². The van der Waals surface area contributed by atoms with Crippen molar-refractivity contribution in [2.75, 3.05) is 6.61 Å². The molecule has 1 fully saturated rings. The van der Waals surface area contributed by atoms with Crippen LogP contribution in [0.15, 0.2) is 73.4 Å². The number of ether oxygens (including phenoxy) is 6. The Labute approximate surface area is 375 Å². The lowest BCUT2D eigenvalue weighted by molar-refractivity contribution is -0.272. The Morgan fingerprint density at radius 2 is 1.75 bits per heavy atom. The van der Waals surface area contributed by atoms with Crippen molar-refractivity contribution in [1.82, 2.24) is 4.98 Å². The SMILES string of the molecule is C=CCOC(=O)[C@H]1O[C@@H](Oc2ccc(COC(=O)O[C@H]3CC(=O)O[C@H](c4ccc5sc(C)nc5c4)C/C=C(/C)CCC[C@H](C)[C@H](O)[C@@H](CC=C)C(=O)C3(C)C)cc2F)[C@H](O)[C@@H](O)[C@@H]1O. The van der Waals surface area contributed by atoms with E-state index in [1.807, 2.05) is 45.0 Å². The molecule has 0 spiro atoms. The molecule has 17 heteroatoms. The van der Waals surface area contributed by atoms with E-state index >= 15 is 4.39 Å². The highest BCUT2D eigenvalue weighted by Gasteiger charge is 2.49. The highest BCUT2D eigenvalue weighted by molar-refractivity contribution is 7.18. The van der Waals surface area contributed by atoms with E-state index in [-0.39, 0.29) is 24.5 Å². The largest absolute Gasteiger partial charge is 0.508 e. The summed E-state index contributed by atoms with van der Waals surface area (Å²) >= 11 is 1.54. The number of benzene rings is 2. The minimum Gasteiger partial charge on any atom is -0.459 e. The van der Waals surface area contributed by atoms with E-state index < -0.39 is 109 Å². The first-order chi connectivity index (χ1) is 30.3. The predicted molar refractivity (Wildman–Crippen MR) is 232 cm³/mol. The fourth-order valence-electron chi connectivity index (χ4n) is 7.72. The number of carbonyl (C=O) groups is 4. The first-order valence-corrected chi connectivity index (χ1v) is 22.0. The van der Waals surface area contributed by atoms with Crippen molar-refractivity contribution in [1.29, 1.82) is 0 Å². The second-order valence-corrected chi connectivity index (χ2v) is 18.1. The Morgan fingerprint density at radius 1 is 1.00 bits per heavy atom. The second kappa shape index (κ2) is 22.2. The van der Waals surface area contributed by atoms with E-state index in [2.05, 4.69) is 18.1 Å². The molecule has 0 unspecified atom stereocenters. The van der Waals surface area contributed by atoms with Crippen LogP contribution < -0.4 is 4.74 Å². The van der Waals surface area contributed by atoms with Crippen LogP contribution in [0.2, 0.25) is 0 Å². The van der Waals surface area contributed by atoms with Crippen LogP contribution in [0.3, 0.4) is 0 Å². The fraction of sp³-hybridized carbons (Fsp3) is 0.511. The summed E-state index contributed by atoms with van der Waals surface area (Å²) < 4.78 is 49.2. The van der Waals surface area contributed by atoms with Crippen molar-refractivity contribution in [3.8, 4) is 5.75 Å². The van der Waals surface area contributed by atoms with E-state index in [1.165, 1.54) is 32.1 Å². The Hall–Kier alpha value is -5.04. The monoisotopic (exact) mass is 911 g/mol. The number of allylic oxidation sites excluding steroid dienone is 2. The van der Waals surface area contributed by atoms with Gasteiger partial charge >= 0.3 is 18.1 Å². The quantitative estimate of drug-likeness (QED) is 0.0899. The summed E-state index contributed by atoms with van der Waals surface area (Å²) in [6, 6.07) is 9.05. The minimum absolute atomic E-state index is 0.0996. The molecule has 15 nitrogen and oxygen atoms in total. The van der Waals surface area contributed by atoms with Gasteiger partial charge in [0.1, 0.15) is 49.5 Å². The van der Waals surface area contributed by atoms with Crippen LogP contribution in [0, 0.1) is 30.0 Å². The van der Waals surface area contributed by atoms with E-state index in [0.717, 1.165) is 45.8 Å². The summed E-state index contributed by atoms with van der Waals surface area (Å²) in [4.78, 5) is 58.8. The predicted octanol–water partition coefficient (Wildman–Crippen LogP) is 6.66. The summed E-state index contributed by atoms with van der Waals surface area (Å²) in [7, 11) is 0. The molecule has 64 heavy (non-hydrogen) atoms. The average molecular weight is 912 g/mol. The number of Topliss-reactive ketones (excluding diaryl/α,β-unsaturated/α-hetero) is 1. The first kappa shape index (κ1) is 50.0. The van der Waals surface area contributed by atoms with Gasteiger partial charge in [-0.15, -0.1) is 17.9 Å². The number of aliphatic hydroxyl groups excluding tert-OH is 4. The molecule has 3 aromatic rings. The van der Waals surface area contributed by atoms with E-state index in [9.17, 15) is 39.6 Å². The van der Waals surface area contributed by atoms with Gasteiger partial charge in [-0.25, -0.2) is 19.0 Å². The second-order valence-electron chi connectivity index (χ2n) is 16.8. The maximum atomic E-state index is 15.4. The van der Waals surface area contributed by atoms with Gasteiger partial charge in [-0.1, -0.05) is 49.4 Å². The van der Waals surface area contributed by atoms with Crippen molar-refractivity contribution in [2.24, 2.45) is 17.3 Å². The van der Waals surface area contributed by atoms with Gasteiger partial charge in [-0.2, -0.15) is 0 Å². The van der Waals surface area contributed by atoms with Crippen LogP contribution in [0.5, 0.6) is 5.75 Å². The number of rotatable bonds is 11. The number of cyclic esters (lactones) is 1. The molecule has 10 atom stereocenters. The number of nitrogens with zero attached hydrogens (tertiary/aromatic N) is 1. The number of aryl methyl sites for hydroxylation is 1. The standard InChI is InChI=1S/C47H58FNO14S/c1-8-11-30-38(51)26(4)13-10-12-25(3)14-17-33(29-16-19-35-32(22-29)49-27(5)64-35)60-37(50)23-36(47(6,7)43(30)55)62-46(57)59-24-28-15-18-34(31(48)21-28)61-45-41(54)39(52)40(53)42(63-45)44(56)58-20-9-2/h8-9,14-16,18-19,21-22,26,30,33,36,38-42,45,51-54H,1-2,10-13,17,20,23-24H2,3-7H3/b25-14-/t26-,30+,33-,36-,38-,39-,40-,41+,42-,45+/m0/s1. The molecule has 0 aliphatic carbocycles. The zero-order valence-electron chi connectivity index (χ0n) is 36.6. The van der Waals surface area contributed by atoms with E-state index in [0.29, 0.717) is 18.4 Å². The minimum atomic E-state index is -1.92. The van der Waals surface area contributed by atoms with Crippen molar-refractivity contribution < 1.29 is 72.4 Å². The topological polar surface area (TPSA) is 217 Å². The number of thiazole rings is 1. The van der Waals surface area contributed by atoms with Crippen LogP contribution >= 0.6 is 11.3 Å². The third-order valence-corrected chi connectivity index (χ3v) is 12.6. The maximum absolute atomic E-state index is 15.4. The maximum Gasteiger partial charge on any atom is 0.508 e. The number of ketones is 1. The number of halogens is 1. The number of esters is 2. The number of aliphatic hydroxyl groups is 4. The Balaban J connectivity index is 1.35. The first-order valence-electron chi connectivity index (χ1n) is 21.2. The van der Waals surface area contributed by atoms with Gasteiger partial charge in [0.15, 0.2) is 17.7 Å². The number of hydrogen-bond acceptors (Lipinski definition) is 16. The van der Waals surface area contributed by atoms with Crippen molar-refractivity contribution in [3.63, 3.8) is 0 Å². The molecule has 2 aliphatic heterocycles. The molecule has 2 aromatic carbocycles. The zero-order valence-corrected chi connectivity index (χ0v) is 37.5. The fourth-order valence-corrected chi connectivity index (χ4v) is 8.53. The van der Waals surface area contributed by atoms with Gasteiger partial charge in [0.05, 0.1) is 33.2 Å². The van der Waals surface area contributed by atoms with Crippen LogP contribution in [0.25, 0.3) is 10.2 Å². The lowest BCUT2D eigenvalue weighted by Gasteiger charge is -2.39. The molecule has 348 valence electrons. The van der Waals surface area contributed by atoms with Gasteiger partial charge in [-0.3, -0.25) is 9.59 Å². The highest BCUT2D eigenvalue weighted by Crippen LogP contribution is 2.37. The van der Waals surface area contributed by atoms with Gasteiger partial charge in [0, 0.05) is 12.3 Å². The molecular weight excluding hydrogens is 854 g/mol. The Bertz CT molecular complexity index is 2190. The summed E-state index contributed by atoms with van der Waals surface area (Å²) in [5.74, 6) is -5.04. The van der Waals surface area contributed by atoms with Gasteiger partial charge in [0.25, 0.3) is 0 Å². The smallest absolute Gasteiger partial charge is 0.459 e. The molecule has 4 N–H and O–H groups in total. The average Bonchev–Trinajstić information content (AvgIpc) is 3.64. The number of carbonyl (C=O) groups excluding carboxylic acids is 4. The lowest BCUT2D eigenvalue weighted by Crippen LogP contribution is -2.61. The third kappa shape index (κ3) is 12.4. The van der Waals surface area contributed by atoms with Gasteiger partial charge in [-0.05, 0) is 94.7 Å². The number of fused-ring (bicyclic) bond motifs is 1. The highest BCUT2D eigenvalue weighted by atomic mass is 32.1. The van der Waals surface area contributed by atoms with Gasteiger partial charge in [0.2, 0.25) is 6.29 Å². The summed E-state index contributed by atoms with van der Waals surface area (Å²) in [6.07, 6.45) is -7.00. The molecular formula is C47H58FNO14S. The summed E-state index contributed by atoms with van der Waals surface area (Å²) in [5.41, 5.74) is 1.07. The van der Waals surface area contributed by atoms with Crippen molar-refractivity contribution in [3.05, 3.63) is 95.3 Å². The molecule has 0 saturated carbocycles.